The van der Waals surface area contributed by atoms with E-state index in [-0.39, 0.29) is 5.91 Å². The first kappa shape index (κ1) is 18.9. The molecule has 1 heterocycles. The molecule has 3 rings (SSSR count). The van der Waals surface area contributed by atoms with Crippen LogP contribution in [0.1, 0.15) is 17.0 Å². The summed E-state index contributed by atoms with van der Waals surface area (Å²) in [5.74, 6) is 0.721. The molecule has 0 bridgehead atoms. The molecule has 0 aliphatic heterocycles. The lowest BCUT2D eigenvalue weighted by Crippen LogP contribution is -2.14. The Morgan fingerprint density at radius 2 is 1.63 bits per heavy atom. The lowest BCUT2D eigenvalue weighted by atomic mass is 10.1. The molecule has 2 aromatic carbocycles. The summed E-state index contributed by atoms with van der Waals surface area (Å²) in [5, 5.41) is 3.64. The van der Waals surface area contributed by atoms with Gasteiger partial charge in [0.25, 0.3) is 0 Å². The second kappa shape index (κ2) is 8.68. The van der Waals surface area contributed by atoms with Crippen molar-refractivity contribution < 1.29 is 9.53 Å². The second-order valence-electron chi connectivity index (χ2n) is 6.13. The third-order valence-electron chi connectivity index (χ3n) is 3.83. The molecule has 0 fully saturated rings. The first-order valence-electron chi connectivity index (χ1n) is 8.55. The number of benzene rings is 2. The molecule has 5 nitrogen and oxygen atoms in total. The van der Waals surface area contributed by atoms with Gasteiger partial charge in [-0.05, 0) is 73.6 Å². The number of nitrogens with one attached hydrogen (secondary N) is 1. The van der Waals surface area contributed by atoms with E-state index in [4.69, 9.17) is 4.74 Å². The van der Waals surface area contributed by atoms with Gasteiger partial charge >= 0.3 is 0 Å². The van der Waals surface area contributed by atoms with Gasteiger partial charge in [0, 0.05) is 22.0 Å². The van der Waals surface area contributed by atoms with Crippen molar-refractivity contribution in [2.24, 2.45) is 0 Å². The second-order valence-corrected chi connectivity index (χ2v) is 7.17. The number of aromatic nitrogens is 2. The number of hydrogen-bond acceptors (Lipinski definition) is 5. The molecular weight excluding hydrogens is 358 g/mol. The number of amides is 1. The summed E-state index contributed by atoms with van der Waals surface area (Å²) >= 11 is 1.50. The summed E-state index contributed by atoms with van der Waals surface area (Å²) in [5.41, 5.74) is 3.60. The van der Waals surface area contributed by atoms with Crippen molar-refractivity contribution in [2.45, 2.75) is 30.3 Å². The van der Waals surface area contributed by atoms with Crippen molar-refractivity contribution >= 4 is 23.4 Å². The van der Waals surface area contributed by atoms with Gasteiger partial charge in [0.05, 0.1) is 13.5 Å². The average molecular weight is 379 g/mol. The standard InChI is InChI=1S/C21H21N3O2S/c1-14-12-15(2)23-21(22-14)27-19-10-6-17(7-11-19)24-20(25)13-16-4-8-18(26-3)9-5-16/h4-12H,13H2,1-3H3,(H,24,25). The summed E-state index contributed by atoms with van der Waals surface area (Å²) in [6.45, 7) is 3.92. The van der Waals surface area contributed by atoms with E-state index in [9.17, 15) is 4.79 Å². The van der Waals surface area contributed by atoms with Gasteiger partial charge in [-0.2, -0.15) is 0 Å². The van der Waals surface area contributed by atoms with E-state index < -0.39 is 0 Å². The van der Waals surface area contributed by atoms with Gasteiger partial charge < -0.3 is 10.1 Å². The Kier molecular flexibility index (Phi) is 6.08. The molecule has 138 valence electrons. The van der Waals surface area contributed by atoms with Crippen LogP contribution in [0.5, 0.6) is 5.75 Å². The van der Waals surface area contributed by atoms with Gasteiger partial charge in [-0.25, -0.2) is 9.97 Å². The third-order valence-corrected chi connectivity index (χ3v) is 4.71. The highest BCUT2D eigenvalue weighted by molar-refractivity contribution is 7.99. The first-order chi connectivity index (χ1) is 13.0. The number of anilines is 1. The van der Waals surface area contributed by atoms with Crippen LogP contribution < -0.4 is 10.1 Å². The Hall–Kier alpha value is -2.86. The highest BCUT2D eigenvalue weighted by Gasteiger charge is 2.06. The van der Waals surface area contributed by atoms with Crippen LogP contribution in [0.3, 0.4) is 0 Å². The van der Waals surface area contributed by atoms with E-state index >= 15 is 0 Å². The third kappa shape index (κ3) is 5.56. The van der Waals surface area contributed by atoms with Gasteiger partial charge in [-0.3, -0.25) is 4.79 Å². The molecule has 0 unspecified atom stereocenters. The molecule has 1 N–H and O–H groups in total. The highest BCUT2D eigenvalue weighted by atomic mass is 32.2. The van der Waals surface area contributed by atoms with Gasteiger partial charge in [0.2, 0.25) is 5.91 Å². The normalized spacial score (nSPS) is 10.5. The zero-order chi connectivity index (χ0) is 19.2. The SMILES string of the molecule is COc1ccc(CC(=O)Nc2ccc(Sc3nc(C)cc(C)n3)cc2)cc1. The van der Waals surface area contributed by atoms with Gasteiger partial charge in [0.1, 0.15) is 5.75 Å². The minimum atomic E-state index is -0.0572. The number of rotatable bonds is 6. The monoisotopic (exact) mass is 379 g/mol. The number of carbonyl (C=O) groups excluding carboxylic acids is 1. The quantitative estimate of drug-likeness (QED) is 0.642. The molecule has 0 spiro atoms. The van der Waals surface area contributed by atoms with Crippen molar-refractivity contribution in [3.63, 3.8) is 0 Å². The lowest BCUT2D eigenvalue weighted by molar-refractivity contribution is -0.115. The predicted molar refractivity (Wildman–Crippen MR) is 107 cm³/mol. The van der Waals surface area contributed by atoms with Crippen LogP contribution in [0, 0.1) is 13.8 Å². The smallest absolute Gasteiger partial charge is 0.228 e. The fourth-order valence-corrected chi connectivity index (χ4v) is 3.45. The maximum Gasteiger partial charge on any atom is 0.228 e. The molecule has 0 aliphatic carbocycles. The number of aryl methyl sites for hydroxylation is 2. The molecule has 0 radical (unpaired) electrons. The molecule has 27 heavy (non-hydrogen) atoms. The highest BCUT2D eigenvalue weighted by Crippen LogP contribution is 2.26. The van der Waals surface area contributed by atoms with Crippen molar-refractivity contribution in [1.82, 2.24) is 9.97 Å². The van der Waals surface area contributed by atoms with E-state index in [2.05, 4.69) is 15.3 Å². The molecular formula is C21H21N3O2S. The predicted octanol–water partition coefficient (Wildman–Crippen LogP) is 4.43. The topological polar surface area (TPSA) is 64.1 Å². The van der Waals surface area contributed by atoms with Crippen LogP contribution in [-0.2, 0) is 11.2 Å². The van der Waals surface area contributed by atoms with E-state index in [0.717, 1.165) is 38.4 Å². The summed E-state index contributed by atoms with van der Waals surface area (Å²) < 4.78 is 5.13. The van der Waals surface area contributed by atoms with Crippen molar-refractivity contribution in [2.75, 3.05) is 12.4 Å². The fourth-order valence-electron chi connectivity index (χ4n) is 2.58. The Balaban J connectivity index is 1.58. The number of nitrogens with zero attached hydrogens (tertiary/aromatic N) is 2. The van der Waals surface area contributed by atoms with Crippen LogP contribution in [0.4, 0.5) is 5.69 Å². The largest absolute Gasteiger partial charge is 0.497 e. The zero-order valence-corrected chi connectivity index (χ0v) is 16.3. The first-order valence-corrected chi connectivity index (χ1v) is 9.36. The minimum absolute atomic E-state index is 0.0572. The van der Waals surface area contributed by atoms with E-state index in [1.165, 1.54) is 11.8 Å². The summed E-state index contributed by atoms with van der Waals surface area (Å²) in [7, 11) is 1.62. The number of ether oxygens (including phenoxy) is 1. The van der Waals surface area contributed by atoms with Crippen LogP contribution in [0.25, 0.3) is 0 Å². The number of methoxy groups -OCH3 is 1. The van der Waals surface area contributed by atoms with Crippen LogP contribution in [0.15, 0.2) is 64.6 Å². The van der Waals surface area contributed by atoms with Crippen molar-refractivity contribution in [3.8, 4) is 5.75 Å². The van der Waals surface area contributed by atoms with E-state index in [1.807, 2.05) is 68.4 Å². The number of hydrogen-bond donors (Lipinski definition) is 1. The number of carbonyl (C=O) groups is 1. The van der Waals surface area contributed by atoms with Gasteiger partial charge in [-0.1, -0.05) is 12.1 Å². The maximum absolute atomic E-state index is 12.2. The maximum atomic E-state index is 12.2. The van der Waals surface area contributed by atoms with Crippen LogP contribution in [-0.4, -0.2) is 23.0 Å². The molecule has 0 aliphatic rings. The molecule has 3 aromatic rings. The van der Waals surface area contributed by atoms with Crippen molar-refractivity contribution in [3.05, 3.63) is 71.5 Å². The Bertz CT molecular complexity index is 905. The summed E-state index contributed by atoms with van der Waals surface area (Å²) in [6.07, 6.45) is 0.316. The minimum Gasteiger partial charge on any atom is -0.497 e. The van der Waals surface area contributed by atoms with Crippen LogP contribution in [0.2, 0.25) is 0 Å². The van der Waals surface area contributed by atoms with E-state index in [1.54, 1.807) is 7.11 Å². The van der Waals surface area contributed by atoms with Crippen molar-refractivity contribution in [1.29, 1.82) is 0 Å². The summed E-state index contributed by atoms with van der Waals surface area (Å²) in [4.78, 5) is 22.1. The molecule has 0 saturated heterocycles. The van der Waals surface area contributed by atoms with Gasteiger partial charge in [-0.15, -0.1) is 0 Å². The Morgan fingerprint density at radius 3 is 2.22 bits per heavy atom. The zero-order valence-electron chi connectivity index (χ0n) is 15.5. The van der Waals surface area contributed by atoms with E-state index in [0.29, 0.717) is 6.42 Å². The molecule has 0 atom stereocenters. The molecule has 6 heteroatoms. The van der Waals surface area contributed by atoms with Gasteiger partial charge in [0.15, 0.2) is 5.16 Å². The van der Waals surface area contributed by atoms with Crippen LogP contribution >= 0.6 is 11.8 Å². The lowest BCUT2D eigenvalue weighted by Gasteiger charge is -2.07. The average Bonchev–Trinajstić information content (AvgIpc) is 2.63. The fraction of sp³-hybridized carbons (Fsp3) is 0.190. The molecule has 0 saturated carbocycles. The molecule has 1 aromatic heterocycles. The molecule has 1 amide bonds. The Morgan fingerprint density at radius 1 is 1.00 bits per heavy atom. The summed E-state index contributed by atoms with van der Waals surface area (Å²) in [6, 6.07) is 17.1. The Labute approximate surface area is 163 Å².